The van der Waals surface area contributed by atoms with Gasteiger partial charge in [0.1, 0.15) is 0 Å². The molecule has 0 spiro atoms. The van der Waals surface area contributed by atoms with Gasteiger partial charge in [-0.25, -0.2) is 4.79 Å². The zero-order valence-corrected chi connectivity index (χ0v) is 5.61. The highest BCUT2D eigenvalue weighted by Gasteiger charge is 2.14. The maximum absolute atomic E-state index is 10.6. The van der Waals surface area contributed by atoms with E-state index in [2.05, 4.69) is 17.6 Å². The van der Waals surface area contributed by atoms with E-state index in [0.717, 1.165) is 19.4 Å². The first-order chi connectivity index (χ1) is 4.33. The molecular formula is C6H12N2O. The minimum absolute atomic E-state index is 0.0203. The highest BCUT2D eigenvalue weighted by molar-refractivity contribution is 5.74. The summed E-state index contributed by atoms with van der Waals surface area (Å²) >= 11 is 0. The lowest BCUT2D eigenvalue weighted by Crippen LogP contribution is -2.48. The van der Waals surface area contributed by atoms with Gasteiger partial charge in [-0.15, -0.1) is 0 Å². The molecule has 2 amide bonds. The average molecular weight is 128 g/mol. The van der Waals surface area contributed by atoms with Crippen LogP contribution in [0.25, 0.3) is 0 Å². The van der Waals surface area contributed by atoms with Crippen LogP contribution in [0.15, 0.2) is 0 Å². The normalized spacial score (nSPS) is 26.8. The van der Waals surface area contributed by atoms with Gasteiger partial charge < -0.3 is 10.6 Å². The third-order valence-electron chi connectivity index (χ3n) is 1.61. The number of nitrogens with one attached hydrogen (secondary N) is 2. The Morgan fingerprint density at radius 1 is 1.78 bits per heavy atom. The van der Waals surface area contributed by atoms with Crippen molar-refractivity contribution in [2.45, 2.75) is 25.8 Å². The van der Waals surface area contributed by atoms with Gasteiger partial charge in [-0.1, -0.05) is 6.92 Å². The summed E-state index contributed by atoms with van der Waals surface area (Å²) in [6.07, 6.45) is 2.09. The van der Waals surface area contributed by atoms with Gasteiger partial charge in [-0.3, -0.25) is 0 Å². The van der Waals surface area contributed by atoms with E-state index in [1.54, 1.807) is 0 Å². The van der Waals surface area contributed by atoms with E-state index in [-0.39, 0.29) is 6.03 Å². The Labute approximate surface area is 54.8 Å². The number of rotatable bonds is 1. The quantitative estimate of drug-likeness (QED) is 0.529. The minimum atomic E-state index is -0.0203. The van der Waals surface area contributed by atoms with Crippen LogP contribution in [0, 0.1) is 0 Å². The fourth-order valence-electron chi connectivity index (χ4n) is 0.975. The molecule has 0 bridgehead atoms. The highest BCUT2D eigenvalue weighted by atomic mass is 16.2. The zero-order valence-electron chi connectivity index (χ0n) is 5.61. The Bertz CT molecular complexity index is 114. The molecule has 2 N–H and O–H groups in total. The summed E-state index contributed by atoms with van der Waals surface area (Å²) in [6, 6.07) is 0.381. The molecule has 1 fully saturated rings. The van der Waals surface area contributed by atoms with Gasteiger partial charge in [0.15, 0.2) is 0 Å². The lowest BCUT2D eigenvalue weighted by atomic mass is 10.1. The van der Waals surface area contributed by atoms with Crippen LogP contribution in [0.4, 0.5) is 4.79 Å². The summed E-state index contributed by atoms with van der Waals surface area (Å²) in [5, 5.41) is 5.51. The van der Waals surface area contributed by atoms with Crippen LogP contribution in [0.5, 0.6) is 0 Å². The van der Waals surface area contributed by atoms with Gasteiger partial charge in [0.25, 0.3) is 0 Å². The Morgan fingerprint density at radius 3 is 3.00 bits per heavy atom. The predicted octanol–water partition coefficient (Wildman–Crippen LogP) is 0.468. The molecule has 0 aromatic heterocycles. The van der Waals surface area contributed by atoms with Gasteiger partial charge in [0.05, 0.1) is 0 Å². The molecule has 0 radical (unpaired) electrons. The van der Waals surface area contributed by atoms with Crippen molar-refractivity contribution in [3.05, 3.63) is 0 Å². The average Bonchev–Trinajstić information content (AvgIpc) is 1.88. The second kappa shape index (κ2) is 2.71. The van der Waals surface area contributed by atoms with Crippen molar-refractivity contribution in [2.24, 2.45) is 0 Å². The molecule has 1 heterocycles. The van der Waals surface area contributed by atoms with Gasteiger partial charge in [0, 0.05) is 12.6 Å². The molecule has 1 aliphatic heterocycles. The SMILES string of the molecule is CCC1CCNC(=O)N1. The lowest BCUT2D eigenvalue weighted by molar-refractivity contribution is 0.228. The Hall–Kier alpha value is -0.730. The van der Waals surface area contributed by atoms with E-state index in [1.165, 1.54) is 0 Å². The second-order valence-corrected chi connectivity index (χ2v) is 2.29. The molecule has 1 rings (SSSR count). The van der Waals surface area contributed by atoms with Gasteiger partial charge in [-0.2, -0.15) is 0 Å². The lowest BCUT2D eigenvalue weighted by Gasteiger charge is -2.22. The molecule has 1 saturated heterocycles. The monoisotopic (exact) mass is 128 g/mol. The number of carbonyl (C=O) groups excluding carboxylic acids is 1. The van der Waals surface area contributed by atoms with Crippen molar-refractivity contribution in [2.75, 3.05) is 6.54 Å². The number of urea groups is 1. The second-order valence-electron chi connectivity index (χ2n) is 2.29. The van der Waals surface area contributed by atoms with E-state index in [0.29, 0.717) is 6.04 Å². The third kappa shape index (κ3) is 1.59. The smallest absolute Gasteiger partial charge is 0.315 e. The van der Waals surface area contributed by atoms with Crippen LogP contribution in [0.1, 0.15) is 19.8 Å². The topological polar surface area (TPSA) is 41.1 Å². The van der Waals surface area contributed by atoms with Crippen molar-refractivity contribution in [1.29, 1.82) is 0 Å². The number of amides is 2. The van der Waals surface area contributed by atoms with Crippen LogP contribution >= 0.6 is 0 Å². The van der Waals surface area contributed by atoms with Gasteiger partial charge in [0.2, 0.25) is 0 Å². The largest absolute Gasteiger partial charge is 0.338 e. The molecule has 0 aromatic rings. The van der Waals surface area contributed by atoms with E-state index in [1.807, 2.05) is 0 Å². The molecule has 0 aromatic carbocycles. The van der Waals surface area contributed by atoms with Crippen LogP contribution < -0.4 is 10.6 Å². The van der Waals surface area contributed by atoms with Crippen LogP contribution in [-0.4, -0.2) is 18.6 Å². The van der Waals surface area contributed by atoms with Crippen molar-refractivity contribution < 1.29 is 4.79 Å². The van der Waals surface area contributed by atoms with Gasteiger partial charge in [-0.05, 0) is 12.8 Å². The van der Waals surface area contributed by atoms with E-state index < -0.39 is 0 Å². The van der Waals surface area contributed by atoms with Crippen LogP contribution in [0.2, 0.25) is 0 Å². The molecule has 9 heavy (non-hydrogen) atoms. The first-order valence-corrected chi connectivity index (χ1v) is 3.37. The summed E-state index contributed by atoms with van der Waals surface area (Å²) in [5.74, 6) is 0. The first-order valence-electron chi connectivity index (χ1n) is 3.37. The summed E-state index contributed by atoms with van der Waals surface area (Å²) in [6.45, 7) is 2.90. The molecular weight excluding hydrogens is 116 g/mol. The predicted molar refractivity (Wildman–Crippen MR) is 35.2 cm³/mol. The molecule has 52 valence electrons. The molecule has 3 nitrogen and oxygen atoms in total. The third-order valence-corrected chi connectivity index (χ3v) is 1.61. The first kappa shape index (κ1) is 6.39. The van der Waals surface area contributed by atoms with Gasteiger partial charge >= 0.3 is 6.03 Å². The Kier molecular flexibility index (Phi) is 1.92. The fraction of sp³-hybridized carbons (Fsp3) is 0.833. The minimum Gasteiger partial charge on any atom is -0.338 e. The fourth-order valence-corrected chi connectivity index (χ4v) is 0.975. The molecule has 0 saturated carbocycles. The Morgan fingerprint density at radius 2 is 2.56 bits per heavy atom. The number of hydrogen-bond donors (Lipinski definition) is 2. The van der Waals surface area contributed by atoms with E-state index in [4.69, 9.17) is 0 Å². The molecule has 1 atom stereocenters. The molecule has 3 heteroatoms. The number of hydrogen-bond acceptors (Lipinski definition) is 1. The summed E-state index contributed by atoms with van der Waals surface area (Å²) in [7, 11) is 0. The Balaban J connectivity index is 2.32. The van der Waals surface area contributed by atoms with Crippen molar-refractivity contribution in [3.63, 3.8) is 0 Å². The maximum atomic E-state index is 10.6. The summed E-state index contributed by atoms with van der Waals surface area (Å²) < 4.78 is 0. The van der Waals surface area contributed by atoms with Crippen LogP contribution in [0.3, 0.4) is 0 Å². The van der Waals surface area contributed by atoms with Crippen molar-refractivity contribution in [3.8, 4) is 0 Å². The highest BCUT2D eigenvalue weighted by Crippen LogP contribution is 1.99. The maximum Gasteiger partial charge on any atom is 0.315 e. The van der Waals surface area contributed by atoms with Crippen LogP contribution in [-0.2, 0) is 0 Å². The van der Waals surface area contributed by atoms with E-state index in [9.17, 15) is 4.79 Å². The zero-order chi connectivity index (χ0) is 6.69. The van der Waals surface area contributed by atoms with Crippen molar-refractivity contribution in [1.82, 2.24) is 10.6 Å². The summed E-state index contributed by atoms with van der Waals surface area (Å²) in [5.41, 5.74) is 0. The van der Waals surface area contributed by atoms with Crippen molar-refractivity contribution >= 4 is 6.03 Å². The summed E-state index contributed by atoms with van der Waals surface area (Å²) in [4.78, 5) is 10.6. The molecule has 1 aliphatic rings. The number of carbonyl (C=O) groups is 1. The molecule has 0 aliphatic carbocycles. The standard InChI is InChI=1S/C6H12N2O/c1-2-5-3-4-7-6(9)8-5/h5H,2-4H2,1H3,(H2,7,8,9). The van der Waals surface area contributed by atoms with E-state index >= 15 is 0 Å². The molecule has 1 unspecified atom stereocenters.